The number of esters is 2. The molecule has 2 aliphatic heterocycles. The zero-order valence-electron chi connectivity index (χ0n) is 42.8. The second-order valence-corrected chi connectivity index (χ2v) is 17.7. The van der Waals surface area contributed by atoms with E-state index >= 15 is 0 Å². The number of quaternary nitrogens is 2. The maximum absolute atomic E-state index is 14.3. The van der Waals surface area contributed by atoms with Crippen LogP contribution in [0.1, 0.15) is 64.5 Å². The lowest BCUT2D eigenvalue weighted by atomic mass is 9.86. The Bertz CT molecular complexity index is 2590. The van der Waals surface area contributed by atoms with E-state index in [-0.39, 0.29) is 104 Å². The van der Waals surface area contributed by atoms with Gasteiger partial charge in [-0.05, 0) is 46.8 Å². The number of carbonyl (C=O) groups is 6. The summed E-state index contributed by atoms with van der Waals surface area (Å²) in [5, 5.41) is 17.5. The van der Waals surface area contributed by atoms with Gasteiger partial charge in [-0.2, -0.15) is 18.7 Å². The summed E-state index contributed by atoms with van der Waals surface area (Å²) >= 11 is 0. The average Bonchev–Trinajstić information content (AvgIpc) is 3.97. The number of ether oxygens (including phenoxy) is 4. The number of hydrogen-bond donors (Lipinski definition) is 0. The predicted molar refractivity (Wildman–Crippen MR) is 250 cm³/mol. The van der Waals surface area contributed by atoms with Gasteiger partial charge in [-0.3, -0.25) is 28.9 Å². The highest BCUT2D eigenvalue weighted by atomic mass is 16.8. The molecular weight excluding hydrogens is 977 g/mol. The minimum Gasteiger partial charge on any atom is -0.496 e. The molecule has 2 amide bonds. The number of piperidine rings is 2. The molecule has 28 nitrogen and oxygen atoms in total. The molecule has 0 spiro atoms. The smallest absolute Gasteiger partial charge is 0.480 e. The van der Waals surface area contributed by atoms with Crippen LogP contribution >= 0.6 is 0 Å². The van der Waals surface area contributed by atoms with Crippen LogP contribution in [-0.2, 0) is 97.0 Å². The van der Waals surface area contributed by atoms with Gasteiger partial charge in [-0.1, -0.05) is 36.4 Å². The standard InChI is InChI=1S/C46H64N12O16/c1-9-51-43(65)53(49-47-51)23-29-57(25-19-45(20-26-57,41(63)69-7)55(33(3)59)71-31-35-15-11-13-17-37(35)67-5)73-39(61)40(62)74-58(30-24-54-44(66)52(10-2)48-50-54)27-21-46(22-28-58,42(64)70-8)56(34(4)60)72-32-36-16-12-14-18-38(36)68-6/h11-18H,9-10,19-32H2,1-8H3/q+2. The van der Waals surface area contributed by atoms with Crippen LogP contribution in [0.5, 0.6) is 11.5 Å². The normalized spacial score (nSPS) is 21.5. The maximum Gasteiger partial charge on any atom is 0.480 e. The second-order valence-electron chi connectivity index (χ2n) is 17.7. The molecule has 28 heteroatoms. The second kappa shape index (κ2) is 24.0. The van der Waals surface area contributed by atoms with E-state index in [1.54, 1.807) is 62.4 Å². The van der Waals surface area contributed by atoms with E-state index in [0.29, 0.717) is 22.6 Å². The van der Waals surface area contributed by atoms with Crippen molar-refractivity contribution in [1.82, 2.24) is 49.7 Å². The van der Waals surface area contributed by atoms with E-state index in [9.17, 15) is 38.4 Å². The van der Waals surface area contributed by atoms with Gasteiger partial charge in [-0.15, -0.1) is 9.29 Å². The molecule has 0 aliphatic carbocycles. The van der Waals surface area contributed by atoms with Crippen molar-refractivity contribution in [3.8, 4) is 11.5 Å². The van der Waals surface area contributed by atoms with Gasteiger partial charge in [0.15, 0.2) is 11.1 Å². The lowest BCUT2D eigenvalue weighted by Crippen LogP contribution is -2.68. The topological polar surface area (TPSA) is 288 Å². The van der Waals surface area contributed by atoms with Gasteiger partial charge in [0.1, 0.15) is 77.1 Å². The highest BCUT2D eigenvalue weighted by Crippen LogP contribution is 2.38. The molecule has 0 saturated carbocycles. The summed E-state index contributed by atoms with van der Waals surface area (Å²) in [6, 6.07) is 13.9. The van der Waals surface area contributed by atoms with E-state index < -0.39 is 67.4 Å². The fourth-order valence-electron chi connectivity index (χ4n) is 9.32. The van der Waals surface area contributed by atoms with E-state index in [2.05, 4.69) is 20.9 Å². The first-order chi connectivity index (χ1) is 35.4. The monoisotopic (exact) mass is 1040 g/mol. The Morgan fingerprint density at radius 2 is 0.892 bits per heavy atom. The largest absolute Gasteiger partial charge is 0.496 e. The number of aryl methyl sites for hydroxylation is 2. The van der Waals surface area contributed by atoms with Crippen molar-refractivity contribution in [1.29, 1.82) is 0 Å². The van der Waals surface area contributed by atoms with Crippen molar-refractivity contribution >= 4 is 35.7 Å². The molecule has 0 radical (unpaired) electrons. The van der Waals surface area contributed by atoms with E-state index in [1.807, 2.05) is 0 Å². The average molecular weight is 1040 g/mol. The quantitative estimate of drug-likeness (QED) is 0.0429. The first-order valence-corrected chi connectivity index (χ1v) is 23.9. The SMILES string of the molecule is CCn1nnn(CC[N+]2(OC(=O)C(=O)O[N+]3(CCn4nnn(CC)c4=O)CCC(C(=O)OC)(N(OCc4ccccc4OC)C(C)=O)CC3)CCC(C(=O)OC)(N(OCc3ccccc3OC)C(C)=O)CC2)c1=O. The van der Waals surface area contributed by atoms with Crippen molar-refractivity contribution in [3.63, 3.8) is 0 Å². The van der Waals surface area contributed by atoms with Crippen LogP contribution in [0.2, 0.25) is 0 Å². The van der Waals surface area contributed by atoms with Gasteiger partial charge in [-0.25, -0.2) is 38.9 Å². The van der Waals surface area contributed by atoms with Crippen LogP contribution in [0.25, 0.3) is 0 Å². The molecule has 2 aliphatic rings. The summed E-state index contributed by atoms with van der Waals surface area (Å²) in [5.74, 6) is -4.98. The number of para-hydroxylation sites is 2. The van der Waals surface area contributed by atoms with E-state index in [0.717, 1.165) is 43.1 Å². The van der Waals surface area contributed by atoms with Crippen LogP contribution in [-0.4, -0.2) is 173 Å². The minimum atomic E-state index is -1.77. The zero-order chi connectivity index (χ0) is 53.8. The Morgan fingerprint density at radius 3 is 1.19 bits per heavy atom. The lowest BCUT2D eigenvalue weighted by Gasteiger charge is -2.47. The van der Waals surface area contributed by atoms with Gasteiger partial charge in [0.25, 0.3) is 0 Å². The molecule has 0 atom stereocenters. The lowest BCUT2D eigenvalue weighted by molar-refractivity contribution is -1.10. The van der Waals surface area contributed by atoms with Gasteiger partial charge >= 0.3 is 35.3 Å². The number of amides is 2. The first-order valence-electron chi connectivity index (χ1n) is 23.9. The third-order valence-corrected chi connectivity index (χ3v) is 13.4. The van der Waals surface area contributed by atoms with Crippen LogP contribution in [0.15, 0.2) is 58.1 Å². The molecule has 402 valence electrons. The van der Waals surface area contributed by atoms with Crippen molar-refractivity contribution in [2.24, 2.45) is 0 Å². The third kappa shape index (κ3) is 11.8. The van der Waals surface area contributed by atoms with Crippen LogP contribution in [0.4, 0.5) is 0 Å². The van der Waals surface area contributed by atoms with Crippen LogP contribution in [0.3, 0.4) is 0 Å². The summed E-state index contributed by atoms with van der Waals surface area (Å²) in [4.78, 5) is 134. The number of rotatable bonds is 22. The van der Waals surface area contributed by atoms with Crippen LogP contribution in [0, 0.1) is 0 Å². The van der Waals surface area contributed by atoms with Crippen molar-refractivity contribution in [3.05, 3.63) is 80.6 Å². The molecule has 0 N–H and O–H groups in total. The summed E-state index contributed by atoms with van der Waals surface area (Å²) < 4.78 is 24.4. The Labute approximate surface area is 424 Å². The number of carbonyl (C=O) groups excluding carboxylic acids is 6. The summed E-state index contributed by atoms with van der Waals surface area (Å²) in [5.41, 5.74) is -3.52. The van der Waals surface area contributed by atoms with Crippen LogP contribution < -0.4 is 20.9 Å². The summed E-state index contributed by atoms with van der Waals surface area (Å²) in [6.45, 7) is 4.21. The minimum absolute atomic E-state index is 0.179. The molecular formula is C46H64N12O16+2. The third-order valence-electron chi connectivity index (χ3n) is 13.4. The Hall–Kier alpha value is -7.56. The molecule has 74 heavy (non-hydrogen) atoms. The number of benzene rings is 2. The summed E-state index contributed by atoms with van der Waals surface area (Å²) in [7, 11) is 5.26. The number of hydrogen-bond acceptors (Lipinski definition) is 20. The molecule has 4 aromatic rings. The Balaban J connectivity index is 1.30. The molecule has 0 bridgehead atoms. The molecule has 4 heterocycles. The van der Waals surface area contributed by atoms with Gasteiger partial charge in [0.2, 0.25) is 11.8 Å². The Kier molecular flexibility index (Phi) is 18.1. The van der Waals surface area contributed by atoms with Crippen molar-refractivity contribution < 1.29 is 76.4 Å². The first kappa shape index (κ1) is 55.7. The van der Waals surface area contributed by atoms with Gasteiger partial charge < -0.3 is 18.9 Å². The van der Waals surface area contributed by atoms with E-state index in [1.165, 1.54) is 28.1 Å². The van der Waals surface area contributed by atoms with E-state index in [4.69, 9.17) is 38.3 Å². The zero-order valence-corrected chi connectivity index (χ0v) is 42.8. The summed E-state index contributed by atoms with van der Waals surface area (Å²) in [6.07, 6.45) is -0.950. The molecule has 2 aromatic heterocycles. The fourth-order valence-corrected chi connectivity index (χ4v) is 9.32. The highest BCUT2D eigenvalue weighted by Gasteiger charge is 2.59. The van der Waals surface area contributed by atoms with Crippen molar-refractivity contribution in [2.45, 2.75) is 104 Å². The predicted octanol–water partition coefficient (Wildman–Crippen LogP) is -0.128. The molecule has 2 aromatic carbocycles. The molecule has 2 fully saturated rings. The molecule has 6 rings (SSSR count). The molecule has 2 saturated heterocycles. The number of hydroxylamine groups is 10. The van der Waals surface area contributed by atoms with Crippen molar-refractivity contribution in [2.75, 3.05) is 67.7 Å². The number of tetrazole rings is 2. The van der Waals surface area contributed by atoms with Gasteiger partial charge in [0, 0.05) is 63.7 Å². The maximum atomic E-state index is 14.3. The number of aromatic nitrogens is 8. The highest BCUT2D eigenvalue weighted by molar-refractivity contribution is 6.29. The number of likely N-dealkylation sites (tertiary alicyclic amines) is 2. The Morgan fingerprint density at radius 1 is 0.554 bits per heavy atom. The van der Waals surface area contributed by atoms with Gasteiger partial charge in [0.05, 0.1) is 28.4 Å². The fraction of sp³-hybridized carbons (Fsp3) is 0.565. The number of nitrogens with zero attached hydrogens (tertiary/aromatic N) is 12. The number of methoxy groups -OCH3 is 4. The molecule has 0 unspecified atom stereocenters.